The fourth-order valence-electron chi connectivity index (χ4n) is 1.30. The van der Waals surface area contributed by atoms with Gasteiger partial charge >= 0.3 is 0 Å². The smallest absolute Gasteiger partial charge is 0.195 e. The van der Waals surface area contributed by atoms with Crippen molar-refractivity contribution in [1.82, 2.24) is 14.8 Å². The minimum Gasteiger partial charge on any atom is -0.304 e. The minimum atomic E-state index is 0.435. The standard InChI is InChI=1S/C9H17N3S/c1-4-5-6-12-8(7(2)3)10-11-9(12)13/h7H,4-6H2,1-3H3,(H,11,13). The molecule has 0 atom stereocenters. The van der Waals surface area contributed by atoms with E-state index in [1.807, 2.05) is 0 Å². The third-order valence-electron chi connectivity index (χ3n) is 2.04. The van der Waals surface area contributed by atoms with E-state index in [2.05, 4.69) is 35.5 Å². The summed E-state index contributed by atoms with van der Waals surface area (Å²) in [6.07, 6.45) is 2.35. The van der Waals surface area contributed by atoms with E-state index in [1.165, 1.54) is 6.42 Å². The highest BCUT2D eigenvalue weighted by molar-refractivity contribution is 7.71. The first kappa shape index (κ1) is 10.4. The van der Waals surface area contributed by atoms with Crippen LogP contribution in [0, 0.1) is 4.77 Å². The highest BCUT2D eigenvalue weighted by Crippen LogP contribution is 2.12. The molecule has 0 fully saturated rings. The van der Waals surface area contributed by atoms with Crippen molar-refractivity contribution in [3.05, 3.63) is 10.6 Å². The zero-order valence-electron chi connectivity index (χ0n) is 8.50. The van der Waals surface area contributed by atoms with Crippen LogP contribution in [0.4, 0.5) is 0 Å². The average Bonchev–Trinajstić information content (AvgIpc) is 2.43. The zero-order chi connectivity index (χ0) is 9.84. The largest absolute Gasteiger partial charge is 0.304 e. The molecule has 74 valence electrons. The maximum atomic E-state index is 5.15. The Bertz CT molecular complexity index is 311. The molecule has 0 bridgehead atoms. The fraction of sp³-hybridized carbons (Fsp3) is 0.778. The average molecular weight is 199 g/mol. The molecule has 0 spiro atoms. The van der Waals surface area contributed by atoms with Crippen LogP contribution in [0.25, 0.3) is 0 Å². The normalized spacial score (nSPS) is 11.1. The van der Waals surface area contributed by atoms with Crippen molar-refractivity contribution in [3.8, 4) is 0 Å². The number of nitrogens with one attached hydrogen (secondary N) is 1. The summed E-state index contributed by atoms with van der Waals surface area (Å²) in [6.45, 7) is 7.43. The summed E-state index contributed by atoms with van der Waals surface area (Å²) in [4.78, 5) is 0. The monoisotopic (exact) mass is 199 g/mol. The molecule has 1 heterocycles. The summed E-state index contributed by atoms with van der Waals surface area (Å²) < 4.78 is 2.85. The van der Waals surface area contributed by atoms with Crippen molar-refractivity contribution < 1.29 is 0 Å². The van der Waals surface area contributed by atoms with Crippen LogP contribution >= 0.6 is 12.2 Å². The van der Waals surface area contributed by atoms with Gasteiger partial charge in [0.25, 0.3) is 0 Å². The van der Waals surface area contributed by atoms with Gasteiger partial charge < -0.3 is 4.57 Å². The van der Waals surface area contributed by atoms with Crippen LogP contribution in [0.5, 0.6) is 0 Å². The zero-order valence-corrected chi connectivity index (χ0v) is 9.32. The van der Waals surface area contributed by atoms with E-state index in [4.69, 9.17) is 12.2 Å². The van der Waals surface area contributed by atoms with E-state index >= 15 is 0 Å². The van der Waals surface area contributed by atoms with Crippen LogP contribution < -0.4 is 0 Å². The first-order valence-electron chi connectivity index (χ1n) is 4.82. The molecule has 0 saturated heterocycles. The van der Waals surface area contributed by atoms with Gasteiger partial charge in [-0.1, -0.05) is 27.2 Å². The van der Waals surface area contributed by atoms with Crippen LogP contribution in [0.2, 0.25) is 0 Å². The molecule has 0 aromatic carbocycles. The van der Waals surface area contributed by atoms with Gasteiger partial charge in [-0.25, -0.2) is 0 Å². The molecule has 3 nitrogen and oxygen atoms in total. The number of aromatic nitrogens is 3. The number of unbranched alkanes of at least 4 members (excludes halogenated alkanes) is 1. The molecule has 0 radical (unpaired) electrons. The Morgan fingerprint density at radius 3 is 2.77 bits per heavy atom. The molecule has 0 aliphatic heterocycles. The van der Waals surface area contributed by atoms with Gasteiger partial charge in [-0.15, -0.1) is 0 Å². The molecular formula is C9H17N3S. The van der Waals surface area contributed by atoms with Crippen molar-refractivity contribution in [2.75, 3.05) is 0 Å². The second-order valence-electron chi connectivity index (χ2n) is 3.55. The Balaban J connectivity index is 2.88. The fourth-order valence-corrected chi connectivity index (χ4v) is 1.53. The number of hydrogen-bond donors (Lipinski definition) is 1. The van der Waals surface area contributed by atoms with Gasteiger partial charge in [0, 0.05) is 12.5 Å². The number of hydrogen-bond acceptors (Lipinski definition) is 2. The van der Waals surface area contributed by atoms with Crippen molar-refractivity contribution in [1.29, 1.82) is 0 Å². The maximum absolute atomic E-state index is 5.15. The summed E-state index contributed by atoms with van der Waals surface area (Å²) in [5.74, 6) is 1.50. The molecule has 4 heteroatoms. The van der Waals surface area contributed by atoms with Crippen molar-refractivity contribution in [2.24, 2.45) is 0 Å². The first-order valence-corrected chi connectivity index (χ1v) is 5.22. The lowest BCUT2D eigenvalue weighted by molar-refractivity contribution is 0.578. The Morgan fingerprint density at radius 2 is 2.23 bits per heavy atom. The summed E-state index contributed by atoms with van der Waals surface area (Å²) in [6, 6.07) is 0. The predicted molar refractivity (Wildman–Crippen MR) is 56.4 cm³/mol. The number of nitrogens with zero attached hydrogens (tertiary/aromatic N) is 2. The van der Waals surface area contributed by atoms with E-state index < -0.39 is 0 Å². The third-order valence-corrected chi connectivity index (χ3v) is 2.35. The molecule has 1 aromatic rings. The van der Waals surface area contributed by atoms with Crippen LogP contribution in [0.15, 0.2) is 0 Å². The van der Waals surface area contributed by atoms with Gasteiger partial charge in [0.05, 0.1) is 0 Å². The van der Waals surface area contributed by atoms with E-state index in [1.54, 1.807) is 0 Å². The Kier molecular flexibility index (Phi) is 3.66. The van der Waals surface area contributed by atoms with E-state index in [-0.39, 0.29) is 0 Å². The molecule has 13 heavy (non-hydrogen) atoms. The van der Waals surface area contributed by atoms with Crippen LogP contribution in [0.1, 0.15) is 45.4 Å². The Hall–Kier alpha value is -0.640. The third kappa shape index (κ3) is 2.40. The molecule has 0 amide bonds. The second kappa shape index (κ2) is 4.56. The summed E-state index contributed by atoms with van der Waals surface area (Å²) in [5.41, 5.74) is 0. The highest BCUT2D eigenvalue weighted by atomic mass is 32.1. The first-order chi connectivity index (χ1) is 6.16. The summed E-state index contributed by atoms with van der Waals surface area (Å²) in [5, 5.41) is 7.06. The van der Waals surface area contributed by atoms with Crippen LogP contribution in [0.3, 0.4) is 0 Å². The van der Waals surface area contributed by atoms with Gasteiger partial charge in [-0.2, -0.15) is 5.10 Å². The summed E-state index contributed by atoms with van der Waals surface area (Å²) >= 11 is 5.15. The summed E-state index contributed by atoms with van der Waals surface area (Å²) in [7, 11) is 0. The lowest BCUT2D eigenvalue weighted by Crippen LogP contribution is -2.05. The van der Waals surface area contributed by atoms with Gasteiger partial charge in [0.15, 0.2) is 4.77 Å². The molecule has 0 aliphatic carbocycles. The Labute approximate surface area is 84.2 Å². The molecule has 0 aliphatic rings. The molecule has 1 N–H and O–H groups in total. The van der Waals surface area contributed by atoms with Gasteiger partial charge in [-0.3, -0.25) is 5.10 Å². The van der Waals surface area contributed by atoms with E-state index in [0.717, 1.165) is 23.6 Å². The van der Waals surface area contributed by atoms with Crippen molar-refractivity contribution >= 4 is 12.2 Å². The van der Waals surface area contributed by atoms with Crippen LogP contribution in [-0.4, -0.2) is 14.8 Å². The van der Waals surface area contributed by atoms with Crippen molar-refractivity contribution in [2.45, 2.75) is 46.1 Å². The second-order valence-corrected chi connectivity index (χ2v) is 3.93. The number of aromatic amines is 1. The molecule has 1 rings (SSSR count). The van der Waals surface area contributed by atoms with Crippen LogP contribution in [-0.2, 0) is 6.54 Å². The maximum Gasteiger partial charge on any atom is 0.195 e. The van der Waals surface area contributed by atoms with E-state index in [0.29, 0.717) is 5.92 Å². The van der Waals surface area contributed by atoms with Gasteiger partial charge in [0.1, 0.15) is 5.82 Å². The topological polar surface area (TPSA) is 33.6 Å². The number of H-pyrrole nitrogens is 1. The van der Waals surface area contributed by atoms with Crippen molar-refractivity contribution in [3.63, 3.8) is 0 Å². The quantitative estimate of drug-likeness (QED) is 0.756. The molecule has 1 aromatic heterocycles. The molecule has 0 saturated carbocycles. The van der Waals surface area contributed by atoms with E-state index in [9.17, 15) is 0 Å². The van der Waals surface area contributed by atoms with Gasteiger partial charge in [0.2, 0.25) is 0 Å². The van der Waals surface area contributed by atoms with Gasteiger partial charge in [-0.05, 0) is 18.6 Å². The molecule has 0 unspecified atom stereocenters. The predicted octanol–water partition coefficient (Wildman–Crippen LogP) is 2.86. The minimum absolute atomic E-state index is 0.435. The lowest BCUT2D eigenvalue weighted by Gasteiger charge is -2.07. The highest BCUT2D eigenvalue weighted by Gasteiger charge is 2.08. The molecular weight excluding hydrogens is 182 g/mol. The number of rotatable bonds is 4. The SMILES string of the molecule is CCCCn1c(C(C)C)n[nH]c1=S. The Morgan fingerprint density at radius 1 is 1.54 bits per heavy atom. The lowest BCUT2D eigenvalue weighted by atomic mass is 10.2.